The van der Waals surface area contributed by atoms with Crippen LogP contribution in [0.5, 0.6) is 5.88 Å². The first-order valence-electron chi connectivity index (χ1n) is 9.19. The van der Waals surface area contributed by atoms with Crippen molar-refractivity contribution < 1.29 is 4.74 Å². The van der Waals surface area contributed by atoms with Gasteiger partial charge in [-0.25, -0.2) is 4.98 Å². The second-order valence-corrected chi connectivity index (χ2v) is 7.50. The van der Waals surface area contributed by atoms with Gasteiger partial charge in [0, 0.05) is 22.2 Å². The smallest absolute Gasteiger partial charge is 0.240 e. The summed E-state index contributed by atoms with van der Waals surface area (Å²) < 4.78 is 7.85. The summed E-state index contributed by atoms with van der Waals surface area (Å²) in [6.45, 7) is 2.34. The van der Waals surface area contributed by atoms with Crippen LogP contribution in [0.15, 0.2) is 72.1 Å². The molecule has 0 radical (unpaired) electrons. The first kappa shape index (κ1) is 17.5. The van der Waals surface area contributed by atoms with Crippen LogP contribution in [0.3, 0.4) is 0 Å². The van der Waals surface area contributed by atoms with Gasteiger partial charge in [-0.2, -0.15) is 4.52 Å². The van der Waals surface area contributed by atoms with Crippen molar-refractivity contribution in [1.82, 2.24) is 24.8 Å². The van der Waals surface area contributed by atoms with Crippen LogP contribution < -0.4 is 4.74 Å². The van der Waals surface area contributed by atoms with Gasteiger partial charge in [-0.1, -0.05) is 60.7 Å². The van der Waals surface area contributed by atoms with Gasteiger partial charge >= 0.3 is 0 Å². The minimum Gasteiger partial charge on any atom is -0.469 e. The summed E-state index contributed by atoms with van der Waals surface area (Å²) in [4.78, 5) is 4.48. The Hall–Kier alpha value is -3.58. The zero-order valence-electron chi connectivity index (χ0n) is 15.7. The Labute approximate surface area is 171 Å². The molecule has 7 heteroatoms. The molecule has 6 nitrogen and oxygen atoms in total. The number of ether oxygens (including phenoxy) is 1. The number of hydrogen-bond donors (Lipinski definition) is 0. The molecule has 2 aromatic carbocycles. The lowest BCUT2D eigenvalue weighted by Gasteiger charge is -2.11. The van der Waals surface area contributed by atoms with Crippen LogP contribution in [0, 0.1) is 6.92 Å². The Bertz CT molecular complexity index is 1260. The largest absolute Gasteiger partial charge is 0.469 e. The number of fused-ring (bicyclic) bond motifs is 1. The van der Waals surface area contributed by atoms with E-state index in [4.69, 9.17) is 9.84 Å². The molecule has 0 atom stereocenters. The van der Waals surface area contributed by atoms with Gasteiger partial charge in [0.2, 0.25) is 5.88 Å². The number of nitrogens with zero attached hydrogens (tertiary/aromatic N) is 5. The highest BCUT2D eigenvalue weighted by atomic mass is 32.1. The molecule has 3 aromatic heterocycles. The van der Waals surface area contributed by atoms with Gasteiger partial charge in [0.25, 0.3) is 0 Å². The summed E-state index contributed by atoms with van der Waals surface area (Å²) >= 11 is 1.58. The summed E-state index contributed by atoms with van der Waals surface area (Å²) in [6, 6.07) is 21.9. The Morgan fingerprint density at radius 2 is 1.66 bits per heavy atom. The van der Waals surface area contributed by atoms with Gasteiger partial charge in [0.15, 0.2) is 11.5 Å². The number of rotatable bonds is 5. The van der Waals surface area contributed by atoms with Crippen LogP contribution in [0.2, 0.25) is 0 Å². The van der Waals surface area contributed by atoms with E-state index in [1.807, 2.05) is 79.0 Å². The molecule has 0 spiro atoms. The molecule has 0 aliphatic carbocycles. The molecule has 0 fully saturated rings. The van der Waals surface area contributed by atoms with Crippen molar-refractivity contribution in [3.05, 3.63) is 82.8 Å². The van der Waals surface area contributed by atoms with Crippen LogP contribution in [0.1, 0.15) is 10.7 Å². The second kappa shape index (κ2) is 7.44. The normalized spacial score (nSPS) is 11.1. The third kappa shape index (κ3) is 3.48. The van der Waals surface area contributed by atoms with E-state index in [0.717, 1.165) is 27.4 Å². The summed E-state index contributed by atoms with van der Waals surface area (Å²) in [7, 11) is 0. The van der Waals surface area contributed by atoms with Crippen molar-refractivity contribution in [3.8, 4) is 28.4 Å². The van der Waals surface area contributed by atoms with Gasteiger partial charge in [-0.3, -0.25) is 0 Å². The fourth-order valence-electron chi connectivity index (χ4n) is 3.11. The Morgan fingerprint density at radius 1 is 0.931 bits per heavy atom. The number of hydrogen-bond acceptors (Lipinski definition) is 6. The fraction of sp³-hybridized carbons (Fsp3) is 0.0909. The Kier molecular flexibility index (Phi) is 4.50. The third-order valence-corrected chi connectivity index (χ3v) is 5.42. The Balaban J connectivity index is 1.62. The third-order valence-electron chi connectivity index (χ3n) is 4.48. The zero-order chi connectivity index (χ0) is 19.6. The lowest BCUT2D eigenvalue weighted by atomic mass is 10.1. The van der Waals surface area contributed by atoms with Crippen LogP contribution in [0.4, 0.5) is 0 Å². The molecular formula is C22H17N5OS. The highest BCUT2D eigenvalue weighted by Crippen LogP contribution is 2.31. The van der Waals surface area contributed by atoms with Crippen molar-refractivity contribution in [2.45, 2.75) is 13.5 Å². The number of thiazole rings is 1. The molecule has 0 saturated carbocycles. The predicted octanol–water partition coefficient (Wildman–Crippen LogP) is 4.80. The standard InChI is InChI=1S/C22H17N5OS/c1-15-14-29-20(23-15)13-28-22-18(16-8-4-2-5-9-16)12-19-24-25-21(27(19)26-22)17-10-6-3-7-11-17/h2-12,14H,13H2,1H3. The SMILES string of the molecule is Cc1csc(COc2nn3c(-c4ccccc4)nnc3cc2-c2ccccc2)n1. The highest BCUT2D eigenvalue weighted by molar-refractivity contribution is 7.09. The molecule has 5 rings (SSSR count). The second-order valence-electron chi connectivity index (χ2n) is 6.56. The maximum Gasteiger partial charge on any atom is 0.240 e. The quantitative estimate of drug-likeness (QED) is 0.425. The number of aryl methyl sites for hydroxylation is 1. The molecular weight excluding hydrogens is 382 g/mol. The molecule has 3 heterocycles. The monoisotopic (exact) mass is 399 g/mol. The van der Waals surface area contributed by atoms with Gasteiger partial charge < -0.3 is 4.74 Å². The molecule has 29 heavy (non-hydrogen) atoms. The molecule has 0 aliphatic heterocycles. The van der Waals surface area contributed by atoms with Gasteiger partial charge in [0.05, 0.1) is 0 Å². The van der Waals surface area contributed by atoms with E-state index in [1.165, 1.54) is 0 Å². The van der Waals surface area contributed by atoms with E-state index in [1.54, 1.807) is 15.9 Å². The molecule has 0 bridgehead atoms. The van der Waals surface area contributed by atoms with Crippen LogP contribution in [0.25, 0.3) is 28.2 Å². The maximum atomic E-state index is 6.12. The van der Waals surface area contributed by atoms with E-state index in [0.29, 0.717) is 24.0 Å². The zero-order valence-corrected chi connectivity index (χ0v) is 16.5. The lowest BCUT2D eigenvalue weighted by Crippen LogP contribution is -2.04. The van der Waals surface area contributed by atoms with Crippen molar-refractivity contribution in [3.63, 3.8) is 0 Å². The summed E-state index contributed by atoms with van der Waals surface area (Å²) in [5.74, 6) is 1.20. The molecule has 0 aliphatic rings. The summed E-state index contributed by atoms with van der Waals surface area (Å²) in [5.41, 5.74) is 4.49. The van der Waals surface area contributed by atoms with Crippen molar-refractivity contribution in [1.29, 1.82) is 0 Å². The highest BCUT2D eigenvalue weighted by Gasteiger charge is 2.16. The van der Waals surface area contributed by atoms with Crippen molar-refractivity contribution >= 4 is 17.0 Å². The summed E-state index contributed by atoms with van der Waals surface area (Å²) in [6.07, 6.45) is 0. The predicted molar refractivity (Wildman–Crippen MR) is 113 cm³/mol. The molecule has 0 N–H and O–H groups in total. The van der Waals surface area contributed by atoms with Crippen molar-refractivity contribution in [2.75, 3.05) is 0 Å². The van der Waals surface area contributed by atoms with Crippen LogP contribution >= 0.6 is 11.3 Å². The number of benzene rings is 2. The topological polar surface area (TPSA) is 65.2 Å². The molecule has 0 saturated heterocycles. The van der Waals surface area contributed by atoms with Gasteiger partial charge in [0.1, 0.15) is 11.6 Å². The first-order chi connectivity index (χ1) is 14.3. The van der Waals surface area contributed by atoms with Crippen LogP contribution in [-0.4, -0.2) is 24.8 Å². The molecule has 0 amide bonds. The average Bonchev–Trinajstić information content (AvgIpc) is 3.38. The first-order valence-corrected chi connectivity index (χ1v) is 10.1. The molecule has 142 valence electrons. The minimum atomic E-state index is 0.361. The lowest BCUT2D eigenvalue weighted by molar-refractivity contribution is 0.290. The van der Waals surface area contributed by atoms with E-state index in [2.05, 4.69) is 15.2 Å². The average molecular weight is 399 g/mol. The number of aromatic nitrogens is 5. The van der Waals surface area contributed by atoms with E-state index < -0.39 is 0 Å². The maximum absolute atomic E-state index is 6.12. The minimum absolute atomic E-state index is 0.361. The fourth-order valence-corrected chi connectivity index (χ4v) is 3.80. The van der Waals surface area contributed by atoms with Gasteiger partial charge in [-0.05, 0) is 18.6 Å². The van der Waals surface area contributed by atoms with E-state index in [-0.39, 0.29) is 0 Å². The molecule has 0 unspecified atom stereocenters. The van der Waals surface area contributed by atoms with Crippen molar-refractivity contribution in [2.24, 2.45) is 0 Å². The van der Waals surface area contributed by atoms with E-state index in [9.17, 15) is 0 Å². The van der Waals surface area contributed by atoms with Gasteiger partial charge in [-0.15, -0.1) is 26.6 Å². The Morgan fingerprint density at radius 3 is 2.34 bits per heavy atom. The molecule has 5 aromatic rings. The summed E-state index contributed by atoms with van der Waals surface area (Å²) in [5, 5.41) is 16.4. The van der Waals surface area contributed by atoms with Crippen LogP contribution in [-0.2, 0) is 6.61 Å². The van der Waals surface area contributed by atoms with E-state index >= 15 is 0 Å².